The van der Waals surface area contributed by atoms with E-state index in [2.05, 4.69) is 23.2 Å². The molecule has 6 atom stereocenters. The molecule has 0 aliphatic carbocycles. The Morgan fingerprint density at radius 1 is 0.973 bits per heavy atom. The molecule has 0 aromatic rings. The van der Waals surface area contributed by atoms with Gasteiger partial charge in [0.05, 0.1) is 35.2 Å². The second-order valence-corrected chi connectivity index (χ2v) is 10.6. The van der Waals surface area contributed by atoms with E-state index < -0.39 is 11.5 Å². The molecule has 6 saturated heterocycles. The molecule has 204 valence electrons. The van der Waals surface area contributed by atoms with Crippen molar-refractivity contribution >= 4 is 34.9 Å². The summed E-state index contributed by atoms with van der Waals surface area (Å²) in [5, 5.41) is 2.91. The number of amides is 3. The zero-order valence-corrected chi connectivity index (χ0v) is 21.7. The number of fused-ring (bicyclic) bond motifs is 2. The molecule has 6 rings (SSSR count). The highest BCUT2D eigenvalue weighted by atomic mass is 35.5. The highest BCUT2D eigenvalue weighted by Crippen LogP contribution is 2.52. The third-order valence-corrected chi connectivity index (χ3v) is 8.30. The Morgan fingerprint density at radius 2 is 1.57 bits per heavy atom. The molecule has 4 bridgehead atoms. The number of halogens is 1. The van der Waals surface area contributed by atoms with Gasteiger partial charge in [0.1, 0.15) is 13.2 Å². The van der Waals surface area contributed by atoms with Crippen LogP contribution in [-0.4, -0.2) is 77.9 Å². The van der Waals surface area contributed by atoms with Crippen LogP contribution in [0.5, 0.6) is 0 Å². The van der Waals surface area contributed by atoms with Gasteiger partial charge in [0.25, 0.3) is 0 Å². The standard InChI is InChI=1S/C13H17NO4.C9H13NO2.C4H5ClO2/c1-2-7-17-12(16)14-6-5-13-4-3-9(18-13)8-10(13)11(14)15;11-8-7-5-6-1-2-9(7,12-6)3-4-10-8;1-2-3-7-4(5)6/h2,9-10H,1,3-8H2;6-7H,1-5H2,(H,10,11);2H,1,3H2/t9-,10+,13-;6-,7+,9-;/m00./s1. The van der Waals surface area contributed by atoms with Gasteiger partial charge in [-0.25, -0.2) is 14.5 Å². The van der Waals surface area contributed by atoms with Crippen molar-refractivity contribution in [1.29, 1.82) is 0 Å². The molecule has 0 aromatic heterocycles. The van der Waals surface area contributed by atoms with Crippen LogP contribution in [0.1, 0.15) is 51.4 Å². The summed E-state index contributed by atoms with van der Waals surface area (Å²) in [6.45, 7) is 8.30. The molecule has 1 N–H and O–H groups in total. The zero-order valence-electron chi connectivity index (χ0n) is 21.0. The second-order valence-electron chi connectivity index (χ2n) is 10.2. The van der Waals surface area contributed by atoms with E-state index in [9.17, 15) is 19.2 Å². The number of piperidine rings is 2. The summed E-state index contributed by atoms with van der Waals surface area (Å²) in [5.41, 5.74) is -1.11. The minimum absolute atomic E-state index is 0.0347. The average molecular weight is 539 g/mol. The quantitative estimate of drug-likeness (QED) is 0.426. The van der Waals surface area contributed by atoms with Crippen molar-refractivity contribution in [1.82, 2.24) is 10.2 Å². The van der Waals surface area contributed by atoms with Crippen LogP contribution in [0.3, 0.4) is 0 Å². The normalized spacial score (nSPS) is 36.1. The third kappa shape index (κ3) is 5.71. The first-order valence-corrected chi connectivity index (χ1v) is 13.3. The van der Waals surface area contributed by atoms with E-state index >= 15 is 0 Å². The number of hydrogen-bond donors (Lipinski definition) is 1. The molecular formula is C26H35ClN2O8. The molecule has 0 radical (unpaired) electrons. The molecule has 2 spiro atoms. The number of ether oxygens (including phenoxy) is 4. The van der Waals surface area contributed by atoms with Gasteiger partial charge in [-0.3, -0.25) is 9.59 Å². The van der Waals surface area contributed by atoms with Gasteiger partial charge >= 0.3 is 11.5 Å². The van der Waals surface area contributed by atoms with Gasteiger partial charge in [-0.15, -0.1) is 0 Å². The maximum absolute atomic E-state index is 12.3. The second kappa shape index (κ2) is 11.5. The molecule has 6 aliphatic heterocycles. The molecule has 10 nitrogen and oxygen atoms in total. The van der Waals surface area contributed by atoms with Gasteiger partial charge in [0, 0.05) is 24.7 Å². The van der Waals surface area contributed by atoms with E-state index in [0.29, 0.717) is 12.6 Å². The fourth-order valence-corrected chi connectivity index (χ4v) is 6.59. The minimum atomic E-state index is -0.792. The van der Waals surface area contributed by atoms with Crippen molar-refractivity contribution in [3.63, 3.8) is 0 Å². The fraction of sp³-hybridized carbons (Fsp3) is 0.692. The molecule has 3 amide bonds. The lowest BCUT2D eigenvalue weighted by Crippen LogP contribution is -2.55. The van der Waals surface area contributed by atoms with Crippen LogP contribution in [-0.2, 0) is 28.5 Å². The maximum Gasteiger partial charge on any atom is 0.416 e. The lowest BCUT2D eigenvalue weighted by molar-refractivity contribution is -0.146. The smallest absolute Gasteiger partial charge is 0.416 e. The summed E-state index contributed by atoms with van der Waals surface area (Å²) < 4.78 is 20.9. The molecule has 6 aliphatic rings. The van der Waals surface area contributed by atoms with Crippen molar-refractivity contribution in [2.75, 3.05) is 26.3 Å². The Balaban J connectivity index is 0.000000145. The van der Waals surface area contributed by atoms with E-state index in [4.69, 9.17) is 25.8 Å². The average Bonchev–Trinajstić information content (AvgIpc) is 3.66. The van der Waals surface area contributed by atoms with Crippen LogP contribution >= 0.6 is 11.6 Å². The molecule has 0 aromatic carbocycles. The third-order valence-electron chi connectivity index (χ3n) is 8.20. The summed E-state index contributed by atoms with van der Waals surface area (Å²) in [4.78, 5) is 46.5. The van der Waals surface area contributed by atoms with E-state index in [1.54, 1.807) is 0 Å². The fourth-order valence-electron chi connectivity index (χ4n) is 6.53. The van der Waals surface area contributed by atoms with Crippen LogP contribution in [0.4, 0.5) is 9.59 Å². The van der Waals surface area contributed by atoms with Gasteiger partial charge in [-0.1, -0.05) is 25.3 Å². The topological polar surface area (TPSA) is 120 Å². The monoisotopic (exact) mass is 538 g/mol. The Hall–Kier alpha value is -2.43. The summed E-state index contributed by atoms with van der Waals surface area (Å²) >= 11 is 4.75. The van der Waals surface area contributed by atoms with Gasteiger partial charge in [-0.05, 0) is 51.4 Å². The van der Waals surface area contributed by atoms with Gasteiger partial charge in [0.15, 0.2) is 0 Å². The van der Waals surface area contributed by atoms with Crippen LogP contribution in [0, 0.1) is 11.8 Å². The van der Waals surface area contributed by atoms with Gasteiger partial charge in [0.2, 0.25) is 11.8 Å². The molecule has 0 unspecified atom stereocenters. The molecule has 6 heterocycles. The predicted molar refractivity (Wildman–Crippen MR) is 133 cm³/mol. The Kier molecular flexibility index (Phi) is 8.60. The first kappa shape index (κ1) is 27.6. The molecule has 11 heteroatoms. The Morgan fingerprint density at radius 3 is 2.11 bits per heavy atom. The zero-order chi connectivity index (χ0) is 26.6. The van der Waals surface area contributed by atoms with E-state index in [-0.39, 0.29) is 54.2 Å². The van der Waals surface area contributed by atoms with Crippen LogP contribution in [0.25, 0.3) is 0 Å². The van der Waals surface area contributed by atoms with Gasteiger partial charge < -0.3 is 24.3 Å². The summed E-state index contributed by atoms with van der Waals surface area (Å²) in [5.74, 6) is 0.118. The van der Waals surface area contributed by atoms with Crippen LogP contribution in [0.2, 0.25) is 0 Å². The van der Waals surface area contributed by atoms with Crippen molar-refractivity contribution in [2.45, 2.75) is 74.8 Å². The first-order chi connectivity index (χ1) is 17.7. The predicted octanol–water partition coefficient (Wildman–Crippen LogP) is 3.47. The van der Waals surface area contributed by atoms with Gasteiger partial charge in [-0.2, -0.15) is 0 Å². The van der Waals surface area contributed by atoms with E-state index in [1.165, 1.54) is 23.5 Å². The summed E-state index contributed by atoms with van der Waals surface area (Å²) in [7, 11) is 0. The highest BCUT2D eigenvalue weighted by molar-refractivity contribution is 6.61. The number of rotatable bonds is 4. The SMILES string of the molecule is C=CCOC(=O)Cl.C=CCOC(=O)N1CC[C@@]23CC[C@@H](C[C@@H]2C1=O)O3.O=C1NCC[C@@]23CC[C@@H](C[C@H]12)O3. The number of hydrogen-bond acceptors (Lipinski definition) is 8. The first-order valence-electron chi connectivity index (χ1n) is 12.9. The largest absolute Gasteiger partial charge is 0.449 e. The number of imide groups is 1. The maximum atomic E-state index is 12.3. The number of carbonyl (C=O) groups excluding carboxylic acids is 4. The number of likely N-dealkylation sites (tertiary alicyclic amines) is 1. The van der Waals surface area contributed by atoms with E-state index in [0.717, 1.165) is 51.5 Å². The number of carbonyl (C=O) groups is 4. The molecule has 37 heavy (non-hydrogen) atoms. The minimum Gasteiger partial charge on any atom is -0.449 e. The Bertz CT molecular complexity index is 944. The number of nitrogens with one attached hydrogen (secondary N) is 1. The van der Waals surface area contributed by atoms with E-state index in [1.807, 2.05) is 0 Å². The Labute approximate surface area is 221 Å². The number of nitrogens with zero attached hydrogens (tertiary/aromatic N) is 1. The summed E-state index contributed by atoms with van der Waals surface area (Å²) in [6, 6.07) is 0. The van der Waals surface area contributed by atoms with Crippen LogP contribution < -0.4 is 5.32 Å². The lowest BCUT2D eigenvalue weighted by Gasteiger charge is -2.40. The highest BCUT2D eigenvalue weighted by Gasteiger charge is 2.60. The summed E-state index contributed by atoms with van der Waals surface area (Å²) in [6.07, 6.45) is 10.7. The van der Waals surface area contributed by atoms with Crippen LogP contribution in [0.15, 0.2) is 25.3 Å². The lowest BCUT2D eigenvalue weighted by atomic mass is 9.73. The molecule has 6 fully saturated rings. The van der Waals surface area contributed by atoms with Crippen molar-refractivity contribution in [2.24, 2.45) is 11.8 Å². The van der Waals surface area contributed by atoms with Crippen molar-refractivity contribution in [3.8, 4) is 0 Å². The van der Waals surface area contributed by atoms with Crippen molar-refractivity contribution in [3.05, 3.63) is 25.3 Å². The molecular weight excluding hydrogens is 504 g/mol. The molecule has 0 saturated carbocycles. The van der Waals surface area contributed by atoms with Crippen molar-refractivity contribution < 1.29 is 38.1 Å².